The molecule has 8 aromatic rings. The summed E-state index contributed by atoms with van der Waals surface area (Å²) in [5, 5.41) is 54.2. The number of hydrogen-bond donors (Lipinski definition) is 18. The monoisotopic (exact) mass is 2080 g/mol. The highest BCUT2D eigenvalue weighted by molar-refractivity contribution is 6.07. The van der Waals surface area contributed by atoms with E-state index in [1.165, 1.54) is 21.5 Å². The second-order valence-corrected chi connectivity index (χ2v) is 36.9. The Morgan fingerprint density at radius 3 is 1.36 bits per heavy atom. The summed E-state index contributed by atoms with van der Waals surface area (Å²) < 4.78 is 35.3. The van der Waals surface area contributed by atoms with E-state index in [2.05, 4.69) is 84.0 Å². The average Bonchev–Trinajstić information content (AvgIpc) is 1.61. The molecular weight excluding hydrogens is 1940 g/mol. The number of carboxylic acid groups (broad SMARTS) is 1. The van der Waals surface area contributed by atoms with Gasteiger partial charge in [0.25, 0.3) is 5.91 Å². The maximum atomic E-state index is 14.4. The number of phenols is 1. The number of anilines is 1. The number of aromatic hydroxyl groups is 1. The largest absolute Gasteiger partial charge is 0.508 e. The Hall–Kier alpha value is -15.6. The molecule has 0 bridgehead atoms. The molecule has 806 valence electrons. The van der Waals surface area contributed by atoms with Crippen LogP contribution in [0.4, 0.5) is 28.4 Å². The van der Waals surface area contributed by atoms with Crippen molar-refractivity contribution in [3.63, 3.8) is 0 Å². The topological polar surface area (TPSA) is 580 Å². The van der Waals surface area contributed by atoms with Crippen molar-refractivity contribution in [1.82, 2.24) is 92.4 Å². The normalized spacial score (nSPS) is 14.2. The summed E-state index contributed by atoms with van der Waals surface area (Å²) in [4.78, 5) is 211. The lowest BCUT2D eigenvalue weighted by Gasteiger charge is -2.41. The highest BCUT2D eigenvalue weighted by Gasteiger charge is 2.42. The van der Waals surface area contributed by atoms with Gasteiger partial charge < -0.3 is 101 Å². The number of unbranched alkanes of at least 4 members (excludes halogenated alkanes) is 6. The Morgan fingerprint density at radius 2 is 0.880 bits per heavy atom. The van der Waals surface area contributed by atoms with Crippen molar-refractivity contribution in [1.29, 1.82) is 0 Å². The number of piperazine rings is 1. The minimum Gasteiger partial charge on any atom is -0.508 e. The molecule has 3 heterocycles. The molecule has 1 aromatic heterocycles. The summed E-state index contributed by atoms with van der Waals surface area (Å²) in [6.45, 7) is 6.02. The maximum Gasteiger partial charge on any atom is 0.490 e. The van der Waals surface area contributed by atoms with Crippen LogP contribution in [0.5, 0.6) is 5.75 Å². The van der Waals surface area contributed by atoms with Gasteiger partial charge in [0.1, 0.15) is 17.8 Å². The second-order valence-electron chi connectivity index (χ2n) is 36.9. The lowest BCUT2D eigenvalue weighted by atomic mass is 9.78. The highest BCUT2D eigenvalue weighted by Crippen LogP contribution is 2.45. The first kappa shape index (κ1) is 116. The van der Waals surface area contributed by atoms with E-state index in [1.807, 2.05) is 119 Å². The number of guanidine groups is 2. The number of para-hydroxylation sites is 3. The zero-order valence-electron chi connectivity index (χ0n) is 84.2. The van der Waals surface area contributed by atoms with Crippen molar-refractivity contribution in [2.45, 2.75) is 185 Å². The Bertz CT molecular complexity index is 5830. The summed E-state index contributed by atoms with van der Waals surface area (Å²) in [5.41, 5.74) is 22.6. The van der Waals surface area contributed by atoms with E-state index in [1.54, 1.807) is 72.8 Å². The van der Waals surface area contributed by atoms with Crippen molar-refractivity contribution in [2.75, 3.05) is 117 Å². The number of nitrogens with one attached hydrogen (secondary N) is 13. The number of alkyl halides is 3. The average molecular weight is 2080 g/mol. The number of amides is 14. The summed E-state index contributed by atoms with van der Waals surface area (Å²) >= 11 is 0. The summed E-state index contributed by atoms with van der Waals surface area (Å²) in [6.07, 6.45) is 4.57. The molecule has 1 saturated heterocycles. The van der Waals surface area contributed by atoms with E-state index >= 15 is 0 Å². The number of hydrogen-bond acceptors (Lipinski definition) is 19. The number of nitrogens with zero attached hydrogens (tertiary/aromatic N) is 8. The number of fused-ring (bicyclic) bond motifs is 2. The molecule has 1 saturated carbocycles. The number of urea groups is 2. The van der Waals surface area contributed by atoms with E-state index in [0.29, 0.717) is 154 Å². The van der Waals surface area contributed by atoms with Crippen LogP contribution < -0.4 is 97.7 Å². The van der Waals surface area contributed by atoms with Crippen molar-refractivity contribution in [2.24, 2.45) is 32.6 Å². The quantitative estimate of drug-likeness (QED) is 0.0111. The molecule has 3 atom stereocenters. The van der Waals surface area contributed by atoms with E-state index in [9.17, 15) is 85.4 Å². The summed E-state index contributed by atoms with van der Waals surface area (Å²) in [5.74, 6) is -6.69. The zero-order valence-corrected chi connectivity index (χ0v) is 84.2. The molecule has 11 rings (SSSR count). The minimum absolute atomic E-state index is 0.00118. The number of aliphatic carboxylic acids is 1. The molecule has 21 N–H and O–H groups in total. The van der Waals surface area contributed by atoms with Crippen LogP contribution in [0.1, 0.15) is 191 Å². The fourth-order valence-electron chi connectivity index (χ4n) is 18.0. The molecule has 7 aromatic carbocycles. The van der Waals surface area contributed by atoms with Gasteiger partial charge in [0.15, 0.2) is 11.9 Å². The van der Waals surface area contributed by atoms with Gasteiger partial charge in [-0.15, -0.1) is 0 Å². The van der Waals surface area contributed by atoms with Crippen LogP contribution in [0.15, 0.2) is 214 Å². The molecule has 2 aliphatic heterocycles. The molecular formula is C106H139F3N24O17. The lowest BCUT2D eigenvalue weighted by Crippen LogP contribution is -2.51. The van der Waals surface area contributed by atoms with Crippen LogP contribution in [0, 0.1) is 5.41 Å². The smallest absolute Gasteiger partial charge is 0.490 e. The Kier molecular flexibility index (Phi) is 47.5. The predicted molar refractivity (Wildman–Crippen MR) is 559 cm³/mol. The number of carbonyl (C=O) groups excluding carboxylic acids is 12. The van der Waals surface area contributed by atoms with Crippen LogP contribution in [0.25, 0.3) is 11.4 Å². The van der Waals surface area contributed by atoms with Crippen molar-refractivity contribution in [3.8, 4) is 17.1 Å². The number of aromatic nitrogens is 3. The fraction of sp³-hybridized carbons (Fsp3) is 0.443. The van der Waals surface area contributed by atoms with Crippen LogP contribution >= 0.6 is 0 Å². The van der Waals surface area contributed by atoms with Gasteiger partial charge in [0.2, 0.25) is 53.2 Å². The van der Waals surface area contributed by atoms with Gasteiger partial charge in [0, 0.05) is 174 Å². The van der Waals surface area contributed by atoms with Gasteiger partial charge in [-0.05, 0) is 146 Å². The van der Waals surface area contributed by atoms with Gasteiger partial charge in [-0.25, -0.2) is 28.5 Å². The van der Waals surface area contributed by atoms with Gasteiger partial charge in [-0.3, -0.25) is 57.7 Å². The Morgan fingerprint density at radius 1 is 0.453 bits per heavy atom. The van der Waals surface area contributed by atoms with Crippen LogP contribution in [-0.4, -0.2) is 257 Å². The van der Waals surface area contributed by atoms with Crippen LogP contribution in [-0.2, 0) is 61.0 Å². The third-order valence-corrected chi connectivity index (χ3v) is 25.8. The van der Waals surface area contributed by atoms with E-state index in [4.69, 9.17) is 27.1 Å². The third kappa shape index (κ3) is 38.6. The van der Waals surface area contributed by atoms with Crippen molar-refractivity contribution in [3.05, 3.63) is 248 Å². The Balaban J connectivity index is 0.00000317. The Labute approximate surface area is 867 Å². The first-order chi connectivity index (χ1) is 72.4. The highest BCUT2D eigenvalue weighted by atomic mass is 19.4. The van der Waals surface area contributed by atoms with Gasteiger partial charge in [-0.1, -0.05) is 184 Å². The van der Waals surface area contributed by atoms with Gasteiger partial charge in [0.05, 0.1) is 23.3 Å². The maximum absolute atomic E-state index is 14.4. The fourth-order valence-corrected chi connectivity index (χ4v) is 18.0. The first-order valence-electron chi connectivity index (χ1n) is 51.0. The van der Waals surface area contributed by atoms with Crippen molar-refractivity contribution >= 4 is 94.7 Å². The summed E-state index contributed by atoms with van der Waals surface area (Å²) in [6, 6.07) is 54.3. The second kappa shape index (κ2) is 61.2. The number of benzene rings is 7. The van der Waals surface area contributed by atoms with Crippen LogP contribution in [0.2, 0.25) is 0 Å². The number of carboxylic acids is 1. The molecule has 44 heteroatoms. The van der Waals surface area contributed by atoms with Gasteiger partial charge in [-0.2, -0.15) is 32.5 Å². The number of aliphatic imine (C=N–C) groups is 2. The lowest BCUT2D eigenvalue weighted by molar-refractivity contribution is -0.192. The van der Waals surface area contributed by atoms with E-state index in [-0.39, 0.29) is 156 Å². The number of phenolic OH excluding ortho intramolecular Hbond substituents is 1. The molecule has 1 unspecified atom stereocenters. The molecule has 2 fully saturated rings. The molecule has 1 aliphatic carbocycles. The van der Waals surface area contributed by atoms with E-state index < -0.39 is 76.7 Å². The molecule has 0 radical (unpaired) electrons. The molecule has 150 heavy (non-hydrogen) atoms. The minimum atomic E-state index is -5.08. The molecule has 14 amide bonds. The molecule has 41 nitrogen and oxygen atoms in total. The standard InChI is InChI=1S/C104H138N24O15.C2HF3O2/c105-53-63-123(65-61-111-89(133)50-48-87(131)109-55-24-2-4-26-57-116-101(141)122-99(107)114-59-28-42-85(96(138)117-73-74-43-45-79(129)46-44-74)120-97(139)92(75-29-9-5-10-30-75)76-31-11-6-12-32-76)64-60-110-88(132)49-47-86(130)108-54-23-1-3-25-56-115-100(140)121-98(106)113-58-27-41-84(95(137)112-62-66-126-102(142)127(77-33-13-7-14-34-77)128(103(126)143)78-35-15-8-16-36-78)118-90(134)71-104(51-21-22-52-104)72-91(135)124-67-69-125(70-68-124)93-80-37-17-18-38-81(80)94(136)119-83-40-20-19-39-82(83)93;3-2(4,5)1(6)7/h5-20,29-40,43-46,84-85,92-93,129H,1-4,21-28,41-42,47-73,105H2,(H,108,130)(H,109,131)(H,110,132)(H,111,133)(H,112,137)(H,117,138)(H,118,134)(H,119,136)(H,120,139)(H4,106,113,115,121,140)(H4,107,114,116,122,141);(H,6,7)/t84-,85+,93?;/m0./s1. The van der Waals surface area contributed by atoms with Gasteiger partial charge >= 0.3 is 35.6 Å². The zero-order chi connectivity index (χ0) is 108. The number of halogens is 3. The first-order valence-corrected chi connectivity index (χ1v) is 51.0. The number of carbonyl (C=O) groups is 13. The molecule has 0 spiro atoms. The van der Waals surface area contributed by atoms with Crippen molar-refractivity contribution < 1.29 is 85.7 Å². The SMILES string of the molecule is NCCN(CCNC(=O)CCC(=O)NCCCCCCNC(=O)N=C(N)NCCC[C@H](NC(=O)CC1(CC(=O)N2CCN(C3c4ccccc4NC(=O)c4ccccc43)CC2)CCCC1)C(=O)NCCn1c(=O)n(-c2ccccc2)n(-c2ccccc2)c1=O)CCNC(=O)CCC(=O)NCCCCCCNC(=O)N=C(N)NCCC[C@@H](NC(=O)C(c1ccccc1)c1ccccc1)C(=O)NCc1ccc(O)cc1.O=C(O)C(F)(F)F. The van der Waals surface area contributed by atoms with Crippen LogP contribution in [0.3, 0.4) is 0 Å². The number of rotatable bonds is 55. The number of nitrogens with two attached hydrogens (primary N) is 3. The van der Waals surface area contributed by atoms with E-state index in [0.717, 1.165) is 76.6 Å². The predicted octanol–water partition coefficient (Wildman–Crippen LogP) is 6.40. The third-order valence-electron chi connectivity index (χ3n) is 25.8. The summed E-state index contributed by atoms with van der Waals surface area (Å²) in [7, 11) is 0. The molecule has 3 aliphatic rings.